The number of nitrogens with one attached hydrogen (secondary N) is 2. The molecule has 0 fully saturated rings. The average molecular weight is 296 g/mol. The van der Waals surface area contributed by atoms with Crippen LogP contribution in [-0.2, 0) is 11.3 Å². The number of methoxy groups -OCH3 is 1. The number of thiazole rings is 1. The van der Waals surface area contributed by atoms with Crippen LogP contribution in [0, 0.1) is 5.92 Å². The number of nitrogens with zero attached hydrogens (tertiary/aromatic N) is 2. The highest BCUT2D eigenvalue weighted by Gasteiger charge is 2.13. The van der Waals surface area contributed by atoms with E-state index in [9.17, 15) is 4.79 Å². The van der Waals surface area contributed by atoms with Gasteiger partial charge in [-0.3, -0.25) is 9.20 Å². The number of ether oxygens (including phenoxy) is 1. The molecule has 2 aromatic heterocycles. The van der Waals surface area contributed by atoms with Crippen LogP contribution in [0.3, 0.4) is 0 Å². The van der Waals surface area contributed by atoms with E-state index in [4.69, 9.17) is 4.74 Å². The first-order valence-electron chi connectivity index (χ1n) is 6.60. The summed E-state index contributed by atoms with van der Waals surface area (Å²) >= 11 is 1.58. The summed E-state index contributed by atoms with van der Waals surface area (Å²) in [4.78, 5) is 16.7. The van der Waals surface area contributed by atoms with E-state index in [1.807, 2.05) is 29.8 Å². The second-order valence-electron chi connectivity index (χ2n) is 4.75. The minimum atomic E-state index is 0.0235. The fourth-order valence-electron chi connectivity index (χ4n) is 1.82. The van der Waals surface area contributed by atoms with E-state index in [0.717, 1.165) is 10.7 Å². The molecule has 1 amide bonds. The van der Waals surface area contributed by atoms with Gasteiger partial charge in [-0.1, -0.05) is 13.8 Å². The molecule has 20 heavy (non-hydrogen) atoms. The zero-order chi connectivity index (χ0) is 14.5. The Labute approximate surface area is 122 Å². The number of imidazole rings is 1. The van der Waals surface area contributed by atoms with Gasteiger partial charge in [-0.2, -0.15) is 4.98 Å². The Bertz CT molecular complexity index is 576. The van der Waals surface area contributed by atoms with E-state index in [1.165, 1.54) is 0 Å². The lowest BCUT2D eigenvalue weighted by Gasteiger charge is -2.09. The Morgan fingerprint density at radius 3 is 3.00 bits per heavy atom. The van der Waals surface area contributed by atoms with Gasteiger partial charge in [0.15, 0.2) is 4.96 Å². The van der Waals surface area contributed by atoms with Crippen molar-refractivity contribution < 1.29 is 9.53 Å². The summed E-state index contributed by atoms with van der Waals surface area (Å²) in [5.41, 5.74) is 0.999. The summed E-state index contributed by atoms with van der Waals surface area (Å²) in [7, 11) is 1.62. The van der Waals surface area contributed by atoms with Gasteiger partial charge < -0.3 is 15.4 Å². The highest BCUT2D eigenvalue weighted by molar-refractivity contribution is 7.15. The predicted octanol–water partition coefficient (Wildman–Crippen LogP) is 1.27. The molecule has 2 aromatic rings. The third-order valence-electron chi connectivity index (χ3n) is 2.94. The predicted molar refractivity (Wildman–Crippen MR) is 79.2 cm³/mol. The smallest absolute Gasteiger partial charge is 0.237 e. The van der Waals surface area contributed by atoms with Crippen LogP contribution in [0.4, 0.5) is 0 Å². The van der Waals surface area contributed by atoms with Crippen molar-refractivity contribution in [2.75, 3.05) is 20.2 Å². The van der Waals surface area contributed by atoms with Crippen molar-refractivity contribution in [3.05, 3.63) is 17.3 Å². The molecule has 6 nitrogen and oxygen atoms in total. The number of hydrogen-bond donors (Lipinski definition) is 2. The molecule has 0 aromatic carbocycles. The third kappa shape index (κ3) is 3.29. The molecule has 0 saturated carbocycles. The van der Waals surface area contributed by atoms with Crippen LogP contribution in [0.1, 0.15) is 19.5 Å². The molecular weight excluding hydrogens is 276 g/mol. The fourth-order valence-corrected chi connectivity index (χ4v) is 2.55. The molecule has 0 aliphatic heterocycles. The Hall–Kier alpha value is -1.60. The van der Waals surface area contributed by atoms with E-state index in [-0.39, 0.29) is 11.8 Å². The highest BCUT2D eigenvalue weighted by Crippen LogP contribution is 2.22. The van der Waals surface area contributed by atoms with E-state index < -0.39 is 0 Å². The molecule has 0 atom stereocenters. The molecule has 2 N–H and O–H groups in total. The molecule has 0 radical (unpaired) electrons. The second-order valence-corrected chi connectivity index (χ2v) is 5.62. The van der Waals surface area contributed by atoms with Crippen LogP contribution in [0.15, 0.2) is 11.6 Å². The minimum absolute atomic E-state index is 0.0235. The summed E-state index contributed by atoms with van der Waals surface area (Å²) < 4.78 is 7.30. The van der Waals surface area contributed by atoms with Crippen molar-refractivity contribution in [2.45, 2.75) is 20.4 Å². The van der Waals surface area contributed by atoms with E-state index in [2.05, 4.69) is 15.6 Å². The van der Waals surface area contributed by atoms with Crippen LogP contribution in [0.5, 0.6) is 5.88 Å². The van der Waals surface area contributed by atoms with E-state index in [0.29, 0.717) is 25.5 Å². The first-order chi connectivity index (χ1) is 9.63. The Morgan fingerprint density at radius 2 is 2.30 bits per heavy atom. The molecule has 0 spiro atoms. The topological polar surface area (TPSA) is 67.7 Å². The number of rotatable bonds is 7. The monoisotopic (exact) mass is 296 g/mol. The number of carbonyl (C=O) groups is 1. The summed E-state index contributed by atoms with van der Waals surface area (Å²) in [5, 5.41) is 8.15. The van der Waals surface area contributed by atoms with Gasteiger partial charge >= 0.3 is 0 Å². The van der Waals surface area contributed by atoms with Crippen LogP contribution in [-0.4, -0.2) is 35.5 Å². The zero-order valence-corrected chi connectivity index (χ0v) is 12.8. The van der Waals surface area contributed by atoms with Crippen molar-refractivity contribution >= 4 is 22.2 Å². The summed E-state index contributed by atoms with van der Waals surface area (Å²) in [6.45, 7) is 5.74. The summed E-state index contributed by atoms with van der Waals surface area (Å²) in [6.07, 6.45) is 1.98. The van der Waals surface area contributed by atoms with Crippen LogP contribution < -0.4 is 15.4 Å². The average Bonchev–Trinajstić information content (AvgIpc) is 2.99. The Morgan fingerprint density at radius 1 is 1.50 bits per heavy atom. The molecule has 2 rings (SSSR count). The largest absolute Gasteiger partial charge is 0.480 e. The van der Waals surface area contributed by atoms with Crippen molar-refractivity contribution in [3.63, 3.8) is 0 Å². The number of aromatic nitrogens is 2. The lowest BCUT2D eigenvalue weighted by molar-refractivity contribution is -0.123. The highest BCUT2D eigenvalue weighted by atomic mass is 32.1. The second kappa shape index (κ2) is 6.71. The van der Waals surface area contributed by atoms with Gasteiger partial charge in [-0.05, 0) is 0 Å². The van der Waals surface area contributed by atoms with Crippen LogP contribution in [0.2, 0.25) is 0 Å². The maximum Gasteiger partial charge on any atom is 0.237 e. The first kappa shape index (κ1) is 14.8. The molecule has 110 valence electrons. The Balaban J connectivity index is 1.83. The molecule has 0 bridgehead atoms. The maximum absolute atomic E-state index is 11.4. The molecule has 7 heteroatoms. The Kier molecular flexibility index (Phi) is 4.97. The van der Waals surface area contributed by atoms with E-state index in [1.54, 1.807) is 18.4 Å². The summed E-state index contributed by atoms with van der Waals surface area (Å²) in [5.74, 6) is 0.750. The lowest BCUT2D eigenvalue weighted by Crippen LogP contribution is -2.34. The van der Waals surface area contributed by atoms with Gasteiger partial charge in [0.25, 0.3) is 0 Å². The number of amides is 1. The third-order valence-corrected chi connectivity index (χ3v) is 3.69. The van der Waals surface area contributed by atoms with Gasteiger partial charge in [-0.15, -0.1) is 11.3 Å². The van der Waals surface area contributed by atoms with Gasteiger partial charge in [0, 0.05) is 37.1 Å². The lowest BCUT2D eigenvalue weighted by atomic mass is 10.2. The standard InChI is InChI=1S/C13H20N4O2S/c1-9(2)11(18)15-5-4-14-8-10-12(19-3)16-13-17(10)6-7-20-13/h6-7,9,14H,4-5,8H2,1-3H3,(H,15,18). The summed E-state index contributed by atoms with van der Waals surface area (Å²) in [6, 6.07) is 0. The minimum Gasteiger partial charge on any atom is -0.480 e. The fraction of sp³-hybridized carbons (Fsp3) is 0.538. The van der Waals surface area contributed by atoms with Crippen LogP contribution in [0.25, 0.3) is 4.96 Å². The van der Waals surface area contributed by atoms with Crippen molar-refractivity contribution in [1.29, 1.82) is 0 Å². The van der Waals surface area contributed by atoms with Gasteiger partial charge in [-0.25, -0.2) is 0 Å². The number of carbonyl (C=O) groups excluding carboxylic acids is 1. The quantitative estimate of drug-likeness (QED) is 0.755. The van der Waals surface area contributed by atoms with Gasteiger partial charge in [0.1, 0.15) is 5.69 Å². The van der Waals surface area contributed by atoms with Crippen molar-refractivity contribution in [3.8, 4) is 5.88 Å². The molecule has 0 unspecified atom stereocenters. The van der Waals surface area contributed by atoms with Gasteiger partial charge in [0.2, 0.25) is 11.8 Å². The first-order valence-corrected chi connectivity index (χ1v) is 7.48. The normalized spacial score (nSPS) is 11.2. The van der Waals surface area contributed by atoms with E-state index >= 15 is 0 Å². The van der Waals surface area contributed by atoms with Gasteiger partial charge in [0.05, 0.1) is 7.11 Å². The SMILES string of the molecule is COc1nc2sccn2c1CNCCNC(=O)C(C)C. The molecule has 0 saturated heterocycles. The molecule has 2 heterocycles. The van der Waals surface area contributed by atoms with Crippen molar-refractivity contribution in [1.82, 2.24) is 20.0 Å². The zero-order valence-electron chi connectivity index (χ0n) is 12.0. The molecule has 0 aliphatic rings. The van der Waals surface area contributed by atoms with Crippen LogP contribution >= 0.6 is 11.3 Å². The number of fused-ring (bicyclic) bond motifs is 1. The molecular formula is C13H20N4O2S. The van der Waals surface area contributed by atoms with Crippen molar-refractivity contribution in [2.24, 2.45) is 5.92 Å². The molecule has 0 aliphatic carbocycles. The number of hydrogen-bond acceptors (Lipinski definition) is 5. The maximum atomic E-state index is 11.4.